The lowest BCUT2D eigenvalue weighted by Crippen LogP contribution is -2.69. The quantitative estimate of drug-likeness (QED) is 0.0446. The Morgan fingerprint density at radius 2 is 0.850 bits per heavy atom. The summed E-state index contributed by atoms with van der Waals surface area (Å²) in [6, 6.07) is 59.5. The lowest BCUT2D eigenvalue weighted by atomic mass is 9.94. The van der Waals surface area contributed by atoms with Gasteiger partial charge in [-0.25, -0.2) is 14.4 Å². The fourth-order valence-corrected chi connectivity index (χ4v) is 9.30. The number of hydrogen-bond acceptors (Lipinski definition) is 15. The summed E-state index contributed by atoms with van der Waals surface area (Å²) in [5.74, 6) is -2.26. The first kappa shape index (κ1) is 56.7. The summed E-state index contributed by atoms with van der Waals surface area (Å²) in [6.45, 7) is 1.06. The van der Waals surface area contributed by atoms with Crippen molar-refractivity contribution in [3.05, 3.63) is 245 Å². The monoisotopic (exact) mass is 1090 g/mol. The third-order valence-electron chi connectivity index (χ3n) is 13.3. The zero-order chi connectivity index (χ0) is 55.5. The van der Waals surface area contributed by atoms with E-state index in [1.807, 2.05) is 115 Å². The van der Waals surface area contributed by atoms with E-state index in [1.165, 1.54) is 6.92 Å². The number of esters is 3. The van der Waals surface area contributed by atoms with Crippen LogP contribution in [0.15, 0.2) is 206 Å². The van der Waals surface area contributed by atoms with Crippen LogP contribution in [0.1, 0.15) is 60.3 Å². The molecule has 9 rings (SSSR count). The minimum Gasteiger partial charge on any atom is -0.497 e. The highest BCUT2D eigenvalue weighted by Gasteiger charge is 2.56. The predicted molar refractivity (Wildman–Crippen MR) is 292 cm³/mol. The number of nitrogens with one attached hydrogen (secondary N) is 1. The van der Waals surface area contributed by atoms with Crippen LogP contribution in [-0.4, -0.2) is 105 Å². The Morgan fingerprint density at radius 3 is 1.36 bits per heavy atom. The van der Waals surface area contributed by atoms with Crippen molar-refractivity contribution in [2.45, 2.75) is 94.7 Å². The fraction of sp³-hybridized carbons (Fsp3) is 0.281. The zero-order valence-electron chi connectivity index (χ0n) is 44.3. The number of benzene rings is 7. The first-order valence-corrected chi connectivity index (χ1v) is 26.3. The van der Waals surface area contributed by atoms with Gasteiger partial charge in [-0.2, -0.15) is 0 Å². The maximum absolute atomic E-state index is 14.4. The molecule has 16 heteroatoms. The molecule has 2 heterocycles. The highest BCUT2D eigenvalue weighted by Crippen LogP contribution is 2.36. The van der Waals surface area contributed by atoms with Gasteiger partial charge in [-0.15, -0.1) is 0 Å². The summed E-state index contributed by atoms with van der Waals surface area (Å²) >= 11 is 0. The van der Waals surface area contributed by atoms with Crippen LogP contribution < -0.4 is 10.1 Å². The number of carbonyl (C=O) groups excluding carboxylic acids is 4. The van der Waals surface area contributed by atoms with Gasteiger partial charge in [-0.3, -0.25) is 4.79 Å². The maximum atomic E-state index is 14.4. The second kappa shape index (κ2) is 28.7. The van der Waals surface area contributed by atoms with Crippen molar-refractivity contribution in [2.24, 2.45) is 0 Å². The molecule has 0 saturated carbocycles. The van der Waals surface area contributed by atoms with Crippen molar-refractivity contribution >= 4 is 23.8 Å². The molecule has 1 N–H and O–H groups in total. The normalized spacial score (nSPS) is 22.5. The third kappa shape index (κ3) is 15.6. The van der Waals surface area contributed by atoms with Gasteiger partial charge in [0.05, 0.1) is 56.8 Å². The smallest absolute Gasteiger partial charge is 0.338 e. The van der Waals surface area contributed by atoms with Gasteiger partial charge in [-0.1, -0.05) is 158 Å². The van der Waals surface area contributed by atoms with E-state index >= 15 is 0 Å². The largest absolute Gasteiger partial charge is 0.497 e. The van der Waals surface area contributed by atoms with Crippen LogP contribution in [0.25, 0.3) is 0 Å². The molecule has 1 amide bonds. The predicted octanol–water partition coefficient (Wildman–Crippen LogP) is 9.25. The number of ether oxygens (including phenoxy) is 11. The van der Waals surface area contributed by atoms with E-state index < -0.39 is 91.8 Å². The molecule has 2 fully saturated rings. The van der Waals surface area contributed by atoms with Crippen LogP contribution in [-0.2, 0) is 78.6 Å². The highest BCUT2D eigenvalue weighted by molar-refractivity contribution is 5.91. The van der Waals surface area contributed by atoms with Crippen LogP contribution in [0.2, 0.25) is 0 Å². The number of carbonyl (C=O) groups is 4. The first-order chi connectivity index (χ1) is 39.2. The summed E-state index contributed by atoms with van der Waals surface area (Å²) in [4.78, 5) is 55.9. The molecule has 10 atom stereocenters. The van der Waals surface area contributed by atoms with Crippen molar-refractivity contribution in [3.8, 4) is 5.75 Å². The van der Waals surface area contributed by atoms with E-state index in [9.17, 15) is 19.2 Å². The molecule has 2 aliphatic heterocycles. The van der Waals surface area contributed by atoms with Gasteiger partial charge in [0.25, 0.3) is 0 Å². The fourth-order valence-electron chi connectivity index (χ4n) is 9.30. The Labute approximate surface area is 464 Å². The molecule has 7 aromatic rings. The van der Waals surface area contributed by atoms with Crippen molar-refractivity contribution in [3.63, 3.8) is 0 Å². The summed E-state index contributed by atoms with van der Waals surface area (Å²) < 4.78 is 72.3. The molecule has 414 valence electrons. The SMILES string of the molecule is COc1ccc(CO[C@@H]2O[C@H](COCc3ccccc3)[C@@H](O[C@@H]3O[C@H](COC(=O)c4ccccc4)[C@@H](OC(=O)c4ccccc4)[C@H](OC(=O)c4ccccc4)[C@@H]3NC(C)=O)[C@H](OCc3ccccc3)[C@H]2OCc2ccccc2)cc1. The van der Waals surface area contributed by atoms with Crippen LogP contribution >= 0.6 is 0 Å². The van der Waals surface area contributed by atoms with Gasteiger partial charge < -0.3 is 57.4 Å². The second-order valence-corrected chi connectivity index (χ2v) is 19.0. The molecule has 0 aromatic heterocycles. The zero-order valence-corrected chi connectivity index (χ0v) is 44.3. The molecule has 2 saturated heterocycles. The first-order valence-electron chi connectivity index (χ1n) is 26.3. The van der Waals surface area contributed by atoms with Crippen molar-refractivity contribution < 1.29 is 71.3 Å². The molecule has 0 spiro atoms. The molecule has 0 unspecified atom stereocenters. The van der Waals surface area contributed by atoms with Crippen molar-refractivity contribution in [2.75, 3.05) is 20.3 Å². The van der Waals surface area contributed by atoms with E-state index in [0.29, 0.717) is 5.75 Å². The Balaban J connectivity index is 1.14. The van der Waals surface area contributed by atoms with Gasteiger partial charge in [-0.05, 0) is 70.8 Å². The summed E-state index contributed by atoms with van der Waals surface area (Å²) in [5, 5.41) is 2.91. The molecule has 0 radical (unpaired) electrons. The standard InChI is InChI=1S/C64H63NO15/c1-43(66)65-54-57(79-62(69)50-31-19-8-20-32-50)55(78-61(68)49-29-17-7-18-30-49)53(42-74-60(67)48-27-15-6-16-28-48)76-63(54)80-56-52(41-71-37-44-21-9-3-10-22-44)77-64(75-40-47-33-35-51(70-2)36-34-47)59(73-39-46-25-13-5-14-26-46)58(56)72-38-45-23-11-4-12-24-45/h3-36,52-59,63-64H,37-42H2,1-2H3,(H,65,66)/t52-,53-,54+,55-,56-,57-,58+,59-,63+,64-/m1/s1. The van der Waals surface area contributed by atoms with Crippen LogP contribution in [0.4, 0.5) is 0 Å². The van der Waals surface area contributed by atoms with Gasteiger partial charge in [0.1, 0.15) is 48.9 Å². The Hall–Kier alpha value is -8.06. The Morgan fingerprint density at radius 1 is 0.425 bits per heavy atom. The maximum Gasteiger partial charge on any atom is 0.338 e. The van der Waals surface area contributed by atoms with Crippen LogP contribution in [0.3, 0.4) is 0 Å². The van der Waals surface area contributed by atoms with Gasteiger partial charge in [0, 0.05) is 6.92 Å². The minimum absolute atomic E-state index is 0.0624. The molecule has 16 nitrogen and oxygen atoms in total. The van der Waals surface area contributed by atoms with E-state index in [-0.39, 0.29) is 49.7 Å². The van der Waals surface area contributed by atoms with E-state index in [0.717, 1.165) is 22.3 Å². The Kier molecular flexibility index (Phi) is 20.3. The molecule has 2 aliphatic rings. The lowest BCUT2D eigenvalue weighted by Gasteiger charge is -2.50. The Bertz CT molecular complexity index is 3010. The van der Waals surface area contributed by atoms with Crippen LogP contribution in [0.5, 0.6) is 5.75 Å². The van der Waals surface area contributed by atoms with E-state index in [4.69, 9.17) is 52.1 Å². The number of amides is 1. The van der Waals surface area contributed by atoms with E-state index in [2.05, 4.69) is 5.32 Å². The van der Waals surface area contributed by atoms with E-state index in [1.54, 1.807) is 98.1 Å². The molecule has 7 aromatic carbocycles. The molecular formula is C64H63NO15. The second-order valence-electron chi connectivity index (χ2n) is 19.0. The summed E-state index contributed by atoms with van der Waals surface area (Å²) in [6.07, 6.45) is -11.6. The van der Waals surface area contributed by atoms with Gasteiger partial charge >= 0.3 is 17.9 Å². The average molecular weight is 1090 g/mol. The minimum atomic E-state index is -1.60. The molecule has 0 bridgehead atoms. The average Bonchev–Trinajstić information content (AvgIpc) is 3.56. The van der Waals surface area contributed by atoms with Crippen LogP contribution in [0, 0.1) is 0 Å². The topological polar surface area (TPSA) is 182 Å². The van der Waals surface area contributed by atoms with Gasteiger partial charge in [0.15, 0.2) is 24.8 Å². The highest BCUT2D eigenvalue weighted by atomic mass is 16.8. The van der Waals surface area contributed by atoms with Crippen molar-refractivity contribution in [1.29, 1.82) is 0 Å². The number of hydrogen-bond donors (Lipinski definition) is 1. The third-order valence-corrected chi connectivity index (χ3v) is 13.3. The number of rotatable bonds is 24. The summed E-state index contributed by atoms with van der Waals surface area (Å²) in [7, 11) is 1.60. The summed E-state index contributed by atoms with van der Waals surface area (Å²) in [5.41, 5.74) is 3.94. The van der Waals surface area contributed by atoms with Crippen molar-refractivity contribution in [1.82, 2.24) is 5.32 Å². The number of methoxy groups -OCH3 is 1. The molecule has 0 aliphatic carbocycles. The lowest BCUT2D eigenvalue weighted by molar-refractivity contribution is -0.360. The van der Waals surface area contributed by atoms with Gasteiger partial charge in [0.2, 0.25) is 5.91 Å². The molecule has 80 heavy (non-hydrogen) atoms. The molecular weight excluding hydrogens is 1020 g/mol.